The Morgan fingerprint density at radius 3 is 1.24 bits per heavy atom. The number of nitrogens with one attached hydrogen (secondary N) is 1. The summed E-state index contributed by atoms with van der Waals surface area (Å²) in [5, 5.41) is 13.8. The van der Waals surface area contributed by atoms with Crippen LogP contribution in [0.3, 0.4) is 0 Å². The van der Waals surface area contributed by atoms with Crippen LogP contribution in [0.5, 0.6) is 0 Å². The molecule has 0 saturated heterocycles. The van der Waals surface area contributed by atoms with Crippen molar-refractivity contribution in [2.45, 2.75) is 238 Å². The molecule has 0 radical (unpaired) electrons. The number of amides is 1. The van der Waals surface area contributed by atoms with Gasteiger partial charge in [0.15, 0.2) is 0 Å². The molecule has 3 unspecified atom stereocenters. The number of aliphatic hydroxyl groups is 1. The van der Waals surface area contributed by atoms with Crippen LogP contribution in [0.2, 0.25) is 0 Å². The number of phosphoric acid groups is 1. The van der Waals surface area contributed by atoms with E-state index in [1.807, 2.05) is 27.2 Å². The summed E-state index contributed by atoms with van der Waals surface area (Å²) in [6.45, 7) is 4.44. The molecule has 0 aliphatic heterocycles. The minimum absolute atomic E-state index is 0.0139. The first-order valence-electron chi connectivity index (χ1n) is 30.0. The Labute approximate surface area is 462 Å². The summed E-state index contributed by atoms with van der Waals surface area (Å²) < 4.78 is 23.2. The minimum atomic E-state index is -4.61. The summed E-state index contributed by atoms with van der Waals surface area (Å²) in [5.41, 5.74) is 0. The van der Waals surface area contributed by atoms with Gasteiger partial charge in [-0.15, -0.1) is 0 Å². The molecule has 75 heavy (non-hydrogen) atoms. The Bertz CT molecular complexity index is 1680. The zero-order valence-electron chi connectivity index (χ0n) is 48.7. The largest absolute Gasteiger partial charge is 0.756 e. The lowest BCUT2D eigenvalue weighted by Gasteiger charge is -2.29. The van der Waals surface area contributed by atoms with Crippen molar-refractivity contribution in [1.82, 2.24) is 5.32 Å². The molecule has 0 aliphatic carbocycles. The van der Waals surface area contributed by atoms with Crippen molar-refractivity contribution in [2.75, 3.05) is 40.9 Å². The van der Waals surface area contributed by atoms with Crippen molar-refractivity contribution in [3.63, 3.8) is 0 Å². The van der Waals surface area contributed by atoms with Gasteiger partial charge in [-0.05, 0) is 103 Å². The molecular formula is C66H113N2O6P. The lowest BCUT2D eigenvalue weighted by molar-refractivity contribution is -0.870. The second kappa shape index (κ2) is 55.4. The number of unbranched alkanes of at least 4 members (excludes halogenated alkanes) is 20. The van der Waals surface area contributed by atoms with Gasteiger partial charge in [-0.2, -0.15) is 0 Å². The molecule has 0 aliphatic rings. The Morgan fingerprint density at radius 2 is 0.827 bits per heavy atom. The molecule has 0 fully saturated rings. The number of hydrogen-bond donors (Lipinski definition) is 2. The number of quaternary nitrogens is 1. The Morgan fingerprint density at radius 1 is 0.480 bits per heavy atom. The van der Waals surface area contributed by atoms with Crippen LogP contribution in [0.25, 0.3) is 0 Å². The van der Waals surface area contributed by atoms with Gasteiger partial charge in [0.25, 0.3) is 7.82 Å². The molecule has 0 saturated carbocycles. The number of allylic oxidation sites excluding steroid dienone is 21. The van der Waals surface area contributed by atoms with E-state index in [4.69, 9.17) is 9.05 Å². The average Bonchev–Trinajstić information content (AvgIpc) is 3.37. The van der Waals surface area contributed by atoms with Crippen LogP contribution in [0.1, 0.15) is 226 Å². The van der Waals surface area contributed by atoms with Crippen LogP contribution >= 0.6 is 7.82 Å². The lowest BCUT2D eigenvalue weighted by Crippen LogP contribution is -2.45. The van der Waals surface area contributed by atoms with Gasteiger partial charge in [-0.1, -0.05) is 250 Å². The highest BCUT2D eigenvalue weighted by molar-refractivity contribution is 7.45. The van der Waals surface area contributed by atoms with E-state index in [0.717, 1.165) is 103 Å². The smallest absolute Gasteiger partial charge is 0.268 e. The van der Waals surface area contributed by atoms with Crippen LogP contribution in [-0.2, 0) is 18.4 Å². The van der Waals surface area contributed by atoms with Gasteiger partial charge >= 0.3 is 0 Å². The first kappa shape index (κ1) is 71.6. The maximum Gasteiger partial charge on any atom is 0.268 e. The summed E-state index contributed by atoms with van der Waals surface area (Å²) in [6.07, 6.45) is 84.2. The molecule has 8 nitrogen and oxygen atoms in total. The van der Waals surface area contributed by atoms with Gasteiger partial charge in [0.05, 0.1) is 39.9 Å². The van der Waals surface area contributed by atoms with Crippen LogP contribution in [-0.4, -0.2) is 68.5 Å². The highest BCUT2D eigenvalue weighted by Gasteiger charge is 2.23. The molecule has 428 valence electrons. The zero-order valence-corrected chi connectivity index (χ0v) is 49.6. The van der Waals surface area contributed by atoms with Crippen molar-refractivity contribution in [3.05, 3.63) is 134 Å². The SMILES string of the molecule is CC/C=C\C/C=C\C/C=C\C/C=C\C/C=C\C/C=C\C/C=C\C/C=C\CCCCCCCCCCCCCCCCCCC(=O)NC(COP(=O)([O-])OCC[N+](C)(C)C)C(O)/C=C/CC/C=C/CC/C=C/CCCC. The number of carbonyl (C=O) groups excluding carboxylic acids is 1. The molecule has 3 atom stereocenters. The van der Waals surface area contributed by atoms with Crippen LogP contribution in [0.4, 0.5) is 0 Å². The van der Waals surface area contributed by atoms with E-state index in [0.29, 0.717) is 17.4 Å². The lowest BCUT2D eigenvalue weighted by atomic mass is 10.0. The first-order valence-corrected chi connectivity index (χ1v) is 31.5. The fourth-order valence-electron chi connectivity index (χ4n) is 7.89. The van der Waals surface area contributed by atoms with Gasteiger partial charge in [-0.25, -0.2) is 0 Å². The number of nitrogens with zero attached hydrogens (tertiary/aromatic N) is 1. The van der Waals surface area contributed by atoms with Gasteiger partial charge in [0.1, 0.15) is 13.2 Å². The van der Waals surface area contributed by atoms with Gasteiger partial charge < -0.3 is 28.8 Å². The number of phosphoric ester groups is 1. The molecule has 0 bridgehead atoms. The number of carbonyl (C=O) groups is 1. The maximum absolute atomic E-state index is 12.9. The Balaban J connectivity index is 3.99. The molecule has 0 rings (SSSR count). The van der Waals surface area contributed by atoms with Crippen molar-refractivity contribution >= 4 is 13.7 Å². The fourth-order valence-corrected chi connectivity index (χ4v) is 8.62. The van der Waals surface area contributed by atoms with Gasteiger partial charge in [-0.3, -0.25) is 9.36 Å². The van der Waals surface area contributed by atoms with E-state index >= 15 is 0 Å². The number of hydrogen-bond acceptors (Lipinski definition) is 6. The third kappa shape index (κ3) is 58.2. The molecule has 9 heteroatoms. The highest BCUT2D eigenvalue weighted by atomic mass is 31.2. The minimum Gasteiger partial charge on any atom is -0.756 e. The van der Waals surface area contributed by atoms with Crippen LogP contribution in [0.15, 0.2) is 134 Å². The topological polar surface area (TPSA) is 108 Å². The maximum atomic E-state index is 12.9. The Kier molecular flexibility index (Phi) is 52.9. The molecule has 2 N–H and O–H groups in total. The van der Waals surface area contributed by atoms with Crippen LogP contribution < -0.4 is 10.2 Å². The summed E-state index contributed by atoms with van der Waals surface area (Å²) >= 11 is 0. The number of likely N-dealkylation sites (N-methyl/N-ethyl adjacent to an activating group) is 1. The predicted molar refractivity (Wildman–Crippen MR) is 325 cm³/mol. The quantitative estimate of drug-likeness (QED) is 0.0272. The molecule has 0 aromatic heterocycles. The molecular weight excluding hydrogens is 948 g/mol. The molecule has 0 heterocycles. The molecule has 1 amide bonds. The van der Waals surface area contributed by atoms with E-state index < -0.39 is 26.6 Å². The predicted octanol–water partition coefficient (Wildman–Crippen LogP) is 18.1. The van der Waals surface area contributed by atoms with Crippen molar-refractivity contribution < 1.29 is 32.9 Å². The van der Waals surface area contributed by atoms with Crippen molar-refractivity contribution in [1.29, 1.82) is 0 Å². The summed E-state index contributed by atoms with van der Waals surface area (Å²) in [7, 11) is 1.22. The molecule has 0 spiro atoms. The summed E-state index contributed by atoms with van der Waals surface area (Å²) in [5.74, 6) is -0.217. The molecule has 0 aromatic carbocycles. The monoisotopic (exact) mass is 1060 g/mol. The van der Waals surface area contributed by atoms with Crippen LogP contribution in [0, 0.1) is 0 Å². The van der Waals surface area contributed by atoms with E-state index in [2.05, 4.69) is 141 Å². The standard InChI is InChI=1S/C66H113N2O6P/c1-6-8-10-12-14-16-18-20-21-22-23-24-25-26-27-28-29-30-31-32-33-34-35-36-37-38-39-40-41-42-43-44-45-46-47-48-50-52-54-56-58-60-66(70)67-64(63-74-75(71,72)73-62-61-68(3,4)5)65(69)59-57-55-53-51-49-19-17-15-13-11-9-7-2/h8,10,13-16,20-21,23-24,26-27,29-30,32-33,35-36,49,51,57,59,64-65,69H,6-7,9,11-12,17-19,22,25,28,31,34,37-48,50,52-56,58,60-63H2,1-5H3,(H-,67,70,71,72)/b10-8-,15-13+,16-14-,21-20-,24-23-,27-26-,30-29-,33-32-,36-35-,51-49+,59-57+. The number of rotatable bonds is 53. The van der Waals surface area contributed by atoms with Gasteiger partial charge in [0, 0.05) is 6.42 Å². The number of aliphatic hydroxyl groups excluding tert-OH is 1. The first-order chi connectivity index (χ1) is 36.5. The summed E-state index contributed by atoms with van der Waals surface area (Å²) in [4.78, 5) is 25.4. The second-order valence-corrected chi connectivity index (χ2v) is 22.4. The van der Waals surface area contributed by atoms with E-state index in [1.54, 1.807) is 6.08 Å². The van der Waals surface area contributed by atoms with Crippen molar-refractivity contribution in [2.24, 2.45) is 0 Å². The summed E-state index contributed by atoms with van der Waals surface area (Å²) in [6, 6.07) is -0.915. The average molecular weight is 1060 g/mol. The zero-order chi connectivity index (χ0) is 54.9. The van der Waals surface area contributed by atoms with Gasteiger partial charge in [0.2, 0.25) is 5.91 Å². The molecule has 0 aromatic rings. The van der Waals surface area contributed by atoms with E-state index in [-0.39, 0.29) is 12.5 Å². The van der Waals surface area contributed by atoms with E-state index in [9.17, 15) is 19.4 Å². The van der Waals surface area contributed by atoms with Crippen molar-refractivity contribution in [3.8, 4) is 0 Å². The highest BCUT2D eigenvalue weighted by Crippen LogP contribution is 2.38. The fraction of sp³-hybridized carbons (Fsp3) is 0.652. The Hall–Kier alpha value is -3.36. The third-order valence-corrected chi connectivity index (χ3v) is 13.5. The normalized spacial score (nSPS) is 14.8. The third-order valence-electron chi connectivity index (χ3n) is 12.6. The second-order valence-electron chi connectivity index (χ2n) is 20.9. The van der Waals surface area contributed by atoms with E-state index in [1.165, 1.54) is 103 Å².